The molecule has 3 unspecified atom stereocenters. The summed E-state index contributed by atoms with van der Waals surface area (Å²) in [5, 5.41) is 3.57. The molecule has 0 radical (unpaired) electrons. The molecule has 1 heterocycles. The monoisotopic (exact) mass is 286 g/mol. The minimum absolute atomic E-state index is 0.729. The number of benzene rings is 1. The summed E-state index contributed by atoms with van der Waals surface area (Å²) >= 11 is 0. The van der Waals surface area contributed by atoms with Crippen LogP contribution in [0.3, 0.4) is 0 Å². The van der Waals surface area contributed by atoms with Crippen molar-refractivity contribution in [2.24, 2.45) is 11.8 Å². The second kappa shape index (κ2) is 6.93. The Bertz CT molecular complexity index is 430. The fraction of sp³-hybridized carbons (Fsp3) is 0.684. The van der Waals surface area contributed by atoms with E-state index in [-0.39, 0.29) is 0 Å². The maximum atomic E-state index is 3.57. The van der Waals surface area contributed by atoms with E-state index in [2.05, 4.69) is 48.5 Å². The average Bonchev–Trinajstić information content (AvgIpc) is 2.71. The molecule has 0 amide bonds. The summed E-state index contributed by atoms with van der Waals surface area (Å²) in [5.41, 5.74) is 3.14. The van der Waals surface area contributed by atoms with Gasteiger partial charge in [0.2, 0.25) is 0 Å². The molecule has 1 aromatic carbocycles. The fourth-order valence-electron chi connectivity index (χ4n) is 4.31. The van der Waals surface area contributed by atoms with Gasteiger partial charge in [0.15, 0.2) is 0 Å². The lowest BCUT2D eigenvalue weighted by molar-refractivity contribution is 0.151. The Morgan fingerprint density at radius 2 is 1.76 bits per heavy atom. The van der Waals surface area contributed by atoms with E-state index in [1.807, 2.05) is 0 Å². The third-order valence-electron chi connectivity index (χ3n) is 5.62. The molecular weight excluding hydrogens is 256 g/mol. The first-order valence-corrected chi connectivity index (χ1v) is 8.72. The van der Waals surface area contributed by atoms with Crippen molar-refractivity contribution in [3.8, 4) is 0 Å². The van der Waals surface area contributed by atoms with Crippen LogP contribution in [0.1, 0.15) is 37.3 Å². The first kappa shape index (κ1) is 15.1. The molecule has 2 nitrogen and oxygen atoms in total. The Labute approximate surface area is 129 Å². The molecule has 2 aliphatic rings. The van der Waals surface area contributed by atoms with E-state index < -0.39 is 0 Å². The second-order valence-electron chi connectivity index (χ2n) is 7.14. The lowest BCUT2D eigenvalue weighted by atomic mass is 9.78. The molecule has 1 aliphatic heterocycles. The highest BCUT2D eigenvalue weighted by Crippen LogP contribution is 2.30. The molecular formula is C19H30N2. The van der Waals surface area contributed by atoms with Crippen molar-refractivity contribution >= 4 is 0 Å². The van der Waals surface area contributed by atoms with Crippen LogP contribution in [0.2, 0.25) is 0 Å². The van der Waals surface area contributed by atoms with Gasteiger partial charge in [-0.2, -0.15) is 0 Å². The highest BCUT2D eigenvalue weighted by atomic mass is 15.1. The van der Waals surface area contributed by atoms with E-state index in [0.717, 1.165) is 17.9 Å². The van der Waals surface area contributed by atoms with Crippen LogP contribution in [-0.2, 0) is 12.8 Å². The predicted molar refractivity (Wildman–Crippen MR) is 89.6 cm³/mol. The lowest BCUT2D eigenvalue weighted by Gasteiger charge is -2.37. The Balaban J connectivity index is 1.61. The summed E-state index contributed by atoms with van der Waals surface area (Å²) < 4.78 is 0. The molecule has 1 N–H and O–H groups in total. The highest BCUT2D eigenvalue weighted by molar-refractivity contribution is 5.28. The largest absolute Gasteiger partial charge is 0.317 e. The normalized spacial score (nSPS) is 30.7. The molecule has 0 spiro atoms. The molecule has 1 aromatic rings. The Morgan fingerprint density at radius 3 is 2.38 bits per heavy atom. The first-order valence-electron chi connectivity index (χ1n) is 8.72. The van der Waals surface area contributed by atoms with Gasteiger partial charge < -0.3 is 10.2 Å². The number of hydrogen-bond acceptors (Lipinski definition) is 2. The van der Waals surface area contributed by atoms with Crippen molar-refractivity contribution in [1.29, 1.82) is 0 Å². The zero-order valence-corrected chi connectivity index (χ0v) is 13.6. The Morgan fingerprint density at radius 1 is 1.10 bits per heavy atom. The van der Waals surface area contributed by atoms with Gasteiger partial charge in [-0.1, -0.05) is 31.2 Å². The molecule has 0 aromatic heterocycles. The summed E-state index contributed by atoms with van der Waals surface area (Å²) in [7, 11) is 2.14. The molecule has 0 bridgehead atoms. The van der Waals surface area contributed by atoms with Crippen molar-refractivity contribution in [3.05, 3.63) is 35.4 Å². The maximum Gasteiger partial charge on any atom is 0.0105 e. The Hall–Kier alpha value is -0.860. The van der Waals surface area contributed by atoms with Crippen LogP contribution < -0.4 is 5.32 Å². The van der Waals surface area contributed by atoms with Gasteiger partial charge in [-0.15, -0.1) is 0 Å². The van der Waals surface area contributed by atoms with Gasteiger partial charge in [-0.3, -0.25) is 0 Å². The van der Waals surface area contributed by atoms with E-state index in [1.165, 1.54) is 51.7 Å². The number of hydrogen-bond donors (Lipinski definition) is 1. The van der Waals surface area contributed by atoms with E-state index in [4.69, 9.17) is 0 Å². The summed E-state index contributed by atoms with van der Waals surface area (Å²) in [6, 6.07) is 9.74. The molecule has 1 fully saturated rings. The lowest BCUT2D eigenvalue weighted by Crippen LogP contribution is -2.44. The first-order chi connectivity index (χ1) is 10.3. The quantitative estimate of drug-likeness (QED) is 0.918. The van der Waals surface area contributed by atoms with Gasteiger partial charge in [0.25, 0.3) is 0 Å². The zero-order valence-electron chi connectivity index (χ0n) is 13.6. The molecule has 1 aliphatic carbocycles. The van der Waals surface area contributed by atoms with E-state index in [1.54, 1.807) is 11.1 Å². The standard InChI is InChI=1S/C19H30N2/c1-15-7-8-19(20-2)18(13-15)14-21-11-9-16-5-3-4-6-17(16)10-12-21/h3-6,15,18-20H,7-14H2,1-2H3. The third kappa shape index (κ3) is 3.67. The predicted octanol–water partition coefficient (Wildman–Crippen LogP) is 3.11. The summed E-state index contributed by atoms with van der Waals surface area (Å²) in [6.07, 6.45) is 6.60. The second-order valence-corrected chi connectivity index (χ2v) is 7.14. The minimum Gasteiger partial charge on any atom is -0.317 e. The van der Waals surface area contributed by atoms with Gasteiger partial charge in [0, 0.05) is 25.7 Å². The van der Waals surface area contributed by atoms with Gasteiger partial charge >= 0.3 is 0 Å². The number of nitrogens with one attached hydrogen (secondary N) is 1. The van der Waals surface area contributed by atoms with Gasteiger partial charge in [-0.05, 0) is 62.1 Å². The van der Waals surface area contributed by atoms with Crippen LogP contribution in [0.5, 0.6) is 0 Å². The molecule has 2 heteroatoms. The Kier molecular flexibility index (Phi) is 4.97. The van der Waals surface area contributed by atoms with Gasteiger partial charge in [0.1, 0.15) is 0 Å². The van der Waals surface area contributed by atoms with Crippen LogP contribution >= 0.6 is 0 Å². The highest BCUT2D eigenvalue weighted by Gasteiger charge is 2.29. The summed E-state index contributed by atoms with van der Waals surface area (Å²) in [6.45, 7) is 6.18. The summed E-state index contributed by atoms with van der Waals surface area (Å²) in [4.78, 5) is 2.72. The number of nitrogens with zero attached hydrogens (tertiary/aromatic N) is 1. The molecule has 1 saturated carbocycles. The van der Waals surface area contributed by atoms with Crippen LogP contribution in [0, 0.1) is 11.8 Å². The van der Waals surface area contributed by atoms with Crippen LogP contribution in [-0.4, -0.2) is 37.6 Å². The van der Waals surface area contributed by atoms with Gasteiger partial charge in [-0.25, -0.2) is 0 Å². The third-order valence-corrected chi connectivity index (χ3v) is 5.62. The van der Waals surface area contributed by atoms with Crippen molar-refractivity contribution in [2.45, 2.75) is 45.1 Å². The van der Waals surface area contributed by atoms with E-state index in [0.29, 0.717) is 0 Å². The van der Waals surface area contributed by atoms with Gasteiger partial charge in [0.05, 0.1) is 0 Å². The molecule has 3 rings (SSSR count). The van der Waals surface area contributed by atoms with Crippen LogP contribution in [0.15, 0.2) is 24.3 Å². The molecule has 0 saturated heterocycles. The van der Waals surface area contributed by atoms with Crippen molar-refractivity contribution in [1.82, 2.24) is 10.2 Å². The van der Waals surface area contributed by atoms with Crippen molar-refractivity contribution in [2.75, 3.05) is 26.7 Å². The smallest absolute Gasteiger partial charge is 0.0105 e. The molecule has 116 valence electrons. The number of fused-ring (bicyclic) bond motifs is 1. The van der Waals surface area contributed by atoms with Crippen molar-refractivity contribution in [3.63, 3.8) is 0 Å². The molecule has 3 atom stereocenters. The van der Waals surface area contributed by atoms with E-state index >= 15 is 0 Å². The topological polar surface area (TPSA) is 15.3 Å². The maximum absolute atomic E-state index is 3.57. The van der Waals surface area contributed by atoms with Crippen LogP contribution in [0.4, 0.5) is 0 Å². The van der Waals surface area contributed by atoms with E-state index in [9.17, 15) is 0 Å². The average molecular weight is 286 g/mol. The summed E-state index contributed by atoms with van der Waals surface area (Å²) in [5.74, 6) is 1.74. The number of rotatable bonds is 3. The SMILES string of the molecule is CNC1CCC(C)CC1CN1CCc2ccccc2CC1. The minimum atomic E-state index is 0.729. The van der Waals surface area contributed by atoms with Crippen molar-refractivity contribution < 1.29 is 0 Å². The molecule has 21 heavy (non-hydrogen) atoms. The zero-order chi connectivity index (χ0) is 14.7. The van der Waals surface area contributed by atoms with Crippen LogP contribution in [0.25, 0.3) is 0 Å². The fourth-order valence-corrected chi connectivity index (χ4v) is 4.31.